The van der Waals surface area contributed by atoms with Gasteiger partial charge in [0.25, 0.3) is 0 Å². The summed E-state index contributed by atoms with van der Waals surface area (Å²) in [6.45, 7) is 1.25. The van der Waals surface area contributed by atoms with E-state index in [1.54, 1.807) is 12.2 Å². The molecule has 2 bridgehead atoms. The first-order chi connectivity index (χ1) is 8.36. The molecule has 2 rings (SSSR count). The summed E-state index contributed by atoms with van der Waals surface area (Å²) in [6, 6.07) is 0. The number of nitrogens with zero attached hydrogens (tertiary/aromatic N) is 2. The zero-order chi connectivity index (χ0) is 12.1. The Morgan fingerprint density at radius 2 is 1.71 bits per heavy atom. The number of aliphatic imine (C=N–C) groups is 2. The Balaban J connectivity index is 1.85. The van der Waals surface area contributed by atoms with Gasteiger partial charge in [0.1, 0.15) is 0 Å². The first-order valence-electron chi connectivity index (χ1n) is 6.44. The third kappa shape index (κ3) is 2.71. The highest BCUT2D eigenvalue weighted by Crippen LogP contribution is 2.54. The standard InChI is InChI=1S/C13H18N2O2/c16-8-14-5-3-11-7-10-1-2-12(11)13(10)4-6-15-9-17/h10-13H,1-7H2. The average molecular weight is 234 g/mol. The van der Waals surface area contributed by atoms with Crippen molar-refractivity contribution in [2.24, 2.45) is 33.7 Å². The number of rotatable bonds is 6. The van der Waals surface area contributed by atoms with E-state index in [0.29, 0.717) is 13.1 Å². The molecule has 0 spiro atoms. The minimum Gasteiger partial charge on any atom is -0.211 e. The van der Waals surface area contributed by atoms with Gasteiger partial charge in [0.2, 0.25) is 12.2 Å². The van der Waals surface area contributed by atoms with Crippen LogP contribution in [0.5, 0.6) is 0 Å². The van der Waals surface area contributed by atoms with E-state index in [-0.39, 0.29) is 0 Å². The highest BCUT2D eigenvalue weighted by atomic mass is 16.1. The molecule has 2 aliphatic rings. The van der Waals surface area contributed by atoms with Crippen molar-refractivity contribution in [2.45, 2.75) is 32.1 Å². The van der Waals surface area contributed by atoms with Gasteiger partial charge in [-0.25, -0.2) is 19.6 Å². The van der Waals surface area contributed by atoms with Gasteiger partial charge in [-0.3, -0.25) is 0 Å². The molecule has 92 valence electrons. The molecular weight excluding hydrogens is 216 g/mol. The fourth-order valence-corrected chi connectivity index (χ4v) is 3.94. The minimum atomic E-state index is 0.622. The van der Waals surface area contributed by atoms with E-state index in [2.05, 4.69) is 9.98 Å². The van der Waals surface area contributed by atoms with Crippen molar-refractivity contribution in [3.63, 3.8) is 0 Å². The summed E-state index contributed by atoms with van der Waals surface area (Å²) in [4.78, 5) is 27.4. The van der Waals surface area contributed by atoms with Gasteiger partial charge in [-0.05, 0) is 55.8 Å². The Hall–Kier alpha value is -1.24. The molecule has 0 aromatic carbocycles. The molecule has 2 saturated carbocycles. The Labute approximate surface area is 101 Å². The van der Waals surface area contributed by atoms with E-state index in [9.17, 15) is 9.59 Å². The van der Waals surface area contributed by atoms with Gasteiger partial charge in [0.05, 0.1) is 13.1 Å². The number of fused-ring (bicyclic) bond motifs is 2. The smallest absolute Gasteiger partial charge is 0.211 e. The topological polar surface area (TPSA) is 58.9 Å². The molecule has 0 aromatic heterocycles. The van der Waals surface area contributed by atoms with E-state index in [0.717, 1.165) is 36.5 Å². The van der Waals surface area contributed by atoms with Crippen LogP contribution in [0.4, 0.5) is 0 Å². The van der Waals surface area contributed by atoms with Crippen LogP contribution in [0.1, 0.15) is 32.1 Å². The van der Waals surface area contributed by atoms with Gasteiger partial charge in [-0.15, -0.1) is 0 Å². The molecule has 4 unspecified atom stereocenters. The molecule has 0 radical (unpaired) electrons. The number of hydrogen-bond acceptors (Lipinski definition) is 4. The normalized spacial score (nSPS) is 34.1. The molecule has 2 aliphatic carbocycles. The second-order valence-electron chi connectivity index (χ2n) is 5.18. The third-order valence-corrected chi connectivity index (χ3v) is 4.55. The quantitative estimate of drug-likeness (QED) is 0.522. The summed E-state index contributed by atoms with van der Waals surface area (Å²) in [7, 11) is 0. The van der Waals surface area contributed by atoms with Crippen LogP contribution in [-0.2, 0) is 9.59 Å². The Bertz CT molecular complexity index is 356. The lowest BCUT2D eigenvalue weighted by atomic mass is 9.85. The average Bonchev–Trinajstić information content (AvgIpc) is 2.87. The summed E-state index contributed by atoms with van der Waals surface area (Å²) >= 11 is 0. The number of hydrogen-bond donors (Lipinski definition) is 0. The van der Waals surface area contributed by atoms with Crippen LogP contribution in [0.3, 0.4) is 0 Å². The van der Waals surface area contributed by atoms with Crippen LogP contribution in [0.15, 0.2) is 9.98 Å². The zero-order valence-corrected chi connectivity index (χ0v) is 9.97. The van der Waals surface area contributed by atoms with Gasteiger partial charge in [-0.2, -0.15) is 0 Å². The van der Waals surface area contributed by atoms with Crippen molar-refractivity contribution < 1.29 is 9.59 Å². The van der Waals surface area contributed by atoms with Crippen molar-refractivity contribution in [3.05, 3.63) is 0 Å². The molecule has 0 heterocycles. The second kappa shape index (κ2) is 5.90. The SMILES string of the molecule is O=C=NCCC1CC2CCC1C2CCN=C=O. The van der Waals surface area contributed by atoms with E-state index in [4.69, 9.17) is 0 Å². The zero-order valence-electron chi connectivity index (χ0n) is 9.97. The predicted octanol–water partition coefficient (Wildman–Crippen LogP) is 2.10. The van der Waals surface area contributed by atoms with Crippen molar-refractivity contribution in [1.82, 2.24) is 0 Å². The first kappa shape index (κ1) is 12.2. The van der Waals surface area contributed by atoms with Gasteiger partial charge in [-0.1, -0.05) is 0 Å². The summed E-state index contributed by atoms with van der Waals surface area (Å²) < 4.78 is 0. The third-order valence-electron chi connectivity index (χ3n) is 4.55. The van der Waals surface area contributed by atoms with Crippen molar-refractivity contribution in [1.29, 1.82) is 0 Å². The Morgan fingerprint density at radius 1 is 1.00 bits per heavy atom. The van der Waals surface area contributed by atoms with Crippen molar-refractivity contribution >= 4 is 12.2 Å². The molecule has 0 N–H and O–H groups in total. The molecule has 4 nitrogen and oxygen atoms in total. The van der Waals surface area contributed by atoms with Crippen LogP contribution < -0.4 is 0 Å². The van der Waals surface area contributed by atoms with Crippen LogP contribution in [-0.4, -0.2) is 25.2 Å². The maximum Gasteiger partial charge on any atom is 0.234 e. The van der Waals surface area contributed by atoms with Crippen LogP contribution in [0, 0.1) is 23.7 Å². The molecule has 4 atom stereocenters. The second-order valence-corrected chi connectivity index (χ2v) is 5.18. The molecule has 0 amide bonds. The summed E-state index contributed by atoms with van der Waals surface area (Å²) in [5, 5.41) is 0. The lowest BCUT2D eigenvalue weighted by Gasteiger charge is -2.21. The molecule has 0 saturated heterocycles. The summed E-state index contributed by atoms with van der Waals surface area (Å²) in [5.74, 6) is 3.03. The molecule has 17 heavy (non-hydrogen) atoms. The minimum absolute atomic E-state index is 0.622. The molecule has 0 aromatic rings. The molecular formula is C13H18N2O2. The number of carbonyl (C=O) groups excluding carboxylic acids is 2. The highest BCUT2D eigenvalue weighted by molar-refractivity contribution is 5.33. The first-order valence-corrected chi connectivity index (χ1v) is 6.44. The van der Waals surface area contributed by atoms with Gasteiger partial charge in [0, 0.05) is 0 Å². The highest BCUT2D eigenvalue weighted by Gasteiger charge is 2.46. The van der Waals surface area contributed by atoms with Gasteiger partial charge in [0.15, 0.2) is 0 Å². The number of isocyanates is 2. The largest absolute Gasteiger partial charge is 0.234 e. The molecule has 2 fully saturated rings. The monoisotopic (exact) mass is 234 g/mol. The van der Waals surface area contributed by atoms with E-state index in [1.807, 2.05) is 0 Å². The van der Waals surface area contributed by atoms with Gasteiger partial charge >= 0.3 is 0 Å². The van der Waals surface area contributed by atoms with Crippen molar-refractivity contribution in [2.75, 3.05) is 13.1 Å². The summed E-state index contributed by atoms with van der Waals surface area (Å²) in [6.07, 6.45) is 9.16. The van der Waals surface area contributed by atoms with Gasteiger partial charge < -0.3 is 0 Å². The lowest BCUT2D eigenvalue weighted by molar-refractivity contribution is 0.298. The van der Waals surface area contributed by atoms with Crippen LogP contribution in [0.25, 0.3) is 0 Å². The van der Waals surface area contributed by atoms with Crippen molar-refractivity contribution in [3.8, 4) is 0 Å². The maximum absolute atomic E-state index is 10.1. The maximum atomic E-state index is 10.1. The van der Waals surface area contributed by atoms with E-state index < -0.39 is 0 Å². The predicted molar refractivity (Wildman–Crippen MR) is 63.0 cm³/mol. The van der Waals surface area contributed by atoms with E-state index >= 15 is 0 Å². The lowest BCUT2D eigenvalue weighted by Crippen LogP contribution is -2.14. The van der Waals surface area contributed by atoms with Crippen LogP contribution in [0.2, 0.25) is 0 Å². The summed E-state index contributed by atoms with van der Waals surface area (Å²) in [5.41, 5.74) is 0. The fraction of sp³-hybridized carbons (Fsp3) is 0.846. The Morgan fingerprint density at radius 3 is 2.41 bits per heavy atom. The van der Waals surface area contributed by atoms with Crippen LogP contribution >= 0.6 is 0 Å². The fourth-order valence-electron chi connectivity index (χ4n) is 3.94. The molecule has 4 heteroatoms. The Kier molecular flexibility index (Phi) is 4.24. The van der Waals surface area contributed by atoms with E-state index in [1.165, 1.54) is 19.3 Å². The molecule has 0 aliphatic heterocycles.